The number of nitrogens with zero attached hydrogens (tertiary/aromatic N) is 6. The molecular weight excluding hydrogens is 562 g/mol. The molecule has 12 nitrogen and oxygen atoms in total. The number of para-hydroxylation sites is 1. The van der Waals surface area contributed by atoms with Gasteiger partial charge in [0.25, 0.3) is 5.91 Å². The van der Waals surface area contributed by atoms with Crippen molar-refractivity contribution in [3.8, 4) is 23.1 Å². The summed E-state index contributed by atoms with van der Waals surface area (Å²) in [6, 6.07) is 23.5. The third-order valence-corrected chi connectivity index (χ3v) is 7.12. The monoisotopic (exact) mass is 591 g/mol. The van der Waals surface area contributed by atoms with E-state index in [2.05, 4.69) is 20.3 Å². The van der Waals surface area contributed by atoms with Crippen molar-refractivity contribution in [2.45, 2.75) is 18.8 Å². The lowest BCUT2D eigenvalue weighted by Gasteiger charge is -2.31. The first kappa shape index (κ1) is 28.3. The summed E-state index contributed by atoms with van der Waals surface area (Å²) in [4.78, 5) is 42.3. The molecule has 0 spiro atoms. The summed E-state index contributed by atoms with van der Waals surface area (Å²) in [7, 11) is 0. The molecule has 2 amide bonds. The fourth-order valence-corrected chi connectivity index (χ4v) is 4.86. The number of hydrogen-bond acceptors (Lipinski definition) is 9. The van der Waals surface area contributed by atoms with E-state index in [9.17, 15) is 9.59 Å². The Morgan fingerprint density at radius 1 is 0.886 bits per heavy atom. The van der Waals surface area contributed by atoms with Crippen LogP contribution in [0.1, 0.15) is 34.8 Å². The first-order chi connectivity index (χ1) is 21.5. The van der Waals surface area contributed by atoms with Gasteiger partial charge in [0.15, 0.2) is 0 Å². The molecule has 222 valence electrons. The zero-order valence-corrected chi connectivity index (χ0v) is 23.7. The SMILES string of the molecule is NC(=O)c1ccc(C2CCN(C(=O)C=CCOn3nnc4cccnc43)CC2)nc1Oc1ccc(Oc2ccccc2)cc1. The Hall–Kier alpha value is -5.78. The van der Waals surface area contributed by atoms with Crippen molar-refractivity contribution < 1.29 is 23.9 Å². The van der Waals surface area contributed by atoms with E-state index >= 15 is 0 Å². The van der Waals surface area contributed by atoms with Gasteiger partial charge in [-0.15, -0.1) is 5.10 Å². The predicted molar refractivity (Wildman–Crippen MR) is 160 cm³/mol. The van der Waals surface area contributed by atoms with E-state index in [1.165, 1.54) is 10.9 Å². The second-order valence-corrected chi connectivity index (χ2v) is 10.0. The molecular formula is C32H29N7O5. The van der Waals surface area contributed by atoms with Crippen LogP contribution in [-0.2, 0) is 4.79 Å². The van der Waals surface area contributed by atoms with Crippen LogP contribution in [0.2, 0.25) is 0 Å². The third-order valence-electron chi connectivity index (χ3n) is 7.12. The molecule has 0 saturated carbocycles. The standard InChI is InChI=1S/C32H29N7O5/c33-30(41)26-14-15-27(35-32(26)44-25-12-10-24(11-13-25)43-23-6-2-1-3-7-23)22-16-19-38(20-17-22)29(40)9-5-21-42-39-31-28(36-37-39)8-4-18-34-31/h1-15,18,22H,16-17,19-21H2,(H2,33,41). The summed E-state index contributed by atoms with van der Waals surface area (Å²) in [5.74, 6) is 1.35. The van der Waals surface area contributed by atoms with Gasteiger partial charge in [0.2, 0.25) is 17.4 Å². The maximum absolute atomic E-state index is 12.8. The van der Waals surface area contributed by atoms with E-state index in [4.69, 9.17) is 20.0 Å². The van der Waals surface area contributed by atoms with Crippen molar-refractivity contribution in [3.05, 3.63) is 108 Å². The number of benzene rings is 2. The summed E-state index contributed by atoms with van der Waals surface area (Å²) in [5.41, 5.74) is 7.70. The van der Waals surface area contributed by atoms with Gasteiger partial charge >= 0.3 is 0 Å². The number of ether oxygens (including phenoxy) is 2. The van der Waals surface area contributed by atoms with Gasteiger partial charge in [-0.05, 0) is 84.8 Å². The molecule has 1 aliphatic heterocycles. The molecule has 2 N–H and O–H groups in total. The van der Waals surface area contributed by atoms with Gasteiger partial charge in [-0.2, -0.15) is 0 Å². The molecule has 0 bridgehead atoms. The molecule has 1 fully saturated rings. The van der Waals surface area contributed by atoms with Gasteiger partial charge in [-0.25, -0.2) is 9.97 Å². The van der Waals surface area contributed by atoms with Gasteiger partial charge in [-0.3, -0.25) is 9.59 Å². The first-order valence-electron chi connectivity index (χ1n) is 14.1. The van der Waals surface area contributed by atoms with Gasteiger partial charge in [0, 0.05) is 37.0 Å². The highest BCUT2D eigenvalue weighted by Crippen LogP contribution is 2.32. The highest BCUT2D eigenvalue weighted by Gasteiger charge is 2.25. The molecule has 1 saturated heterocycles. The van der Waals surface area contributed by atoms with E-state index in [1.807, 2.05) is 30.3 Å². The normalized spacial score (nSPS) is 13.7. The molecule has 0 unspecified atom stereocenters. The number of carbonyl (C=O) groups is 2. The minimum atomic E-state index is -0.632. The van der Waals surface area contributed by atoms with Gasteiger partial charge < -0.3 is 24.9 Å². The Kier molecular flexibility index (Phi) is 8.39. The topological polar surface area (TPSA) is 148 Å². The van der Waals surface area contributed by atoms with Crippen LogP contribution in [0, 0.1) is 0 Å². The number of nitrogens with two attached hydrogens (primary N) is 1. The molecule has 0 radical (unpaired) electrons. The van der Waals surface area contributed by atoms with Crippen LogP contribution in [0.15, 0.2) is 97.2 Å². The quantitative estimate of drug-likeness (QED) is 0.235. The van der Waals surface area contributed by atoms with E-state index in [1.54, 1.807) is 65.7 Å². The van der Waals surface area contributed by atoms with E-state index in [-0.39, 0.29) is 29.9 Å². The largest absolute Gasteiger partial charge is 0.457 e. The van der Waals surface area contributed by atoms with E-state index < -0.39 is 5.91 Å². The third kappa shape index (κ3) is 6.65. The van der Waals surface area contributed by atoms with Crippen molar-refractivity contribution in [2.75, 3.05) is 19.7 Å². The smallest absolute Gasteiger partial charge is 0.254 e. The summed E-state index contributed by atoms with van der Waals surface area (Å²) in [6.45, 7) is 1.26. The van der Waals surface area contributed by atoms with Crippen LogP contribution in [0.25, 0.3) is 11.2 Å². The second kappa shape index (κ2) is 13.0. The Morgan fingerprint density at radius 3 is 2.36 bits per heavy atom. The lowest BCUT2D eigenvalue weighted by Crippen LogP contribution is -2.37. The lowest BCUT2D eigenvalue weighted by molar-refractivity contribution is -0.127. The minimum absolute atomic E-state index is 0.0883. The fraction of sp³-hybridized carbons (Fsp3) is 0.188. The fourth-order valence-electron chi connectivity index (χ4n) is 4.86. The Morgan fingerprint density at radius 2 is 1.61 bits per heavy atom. The lowest BCUT2D eigenvalue weighted by atomic mass is 9.92. The van der Waals surface area contributed by atoms with Crippen molar-refractivity contribution in [1.29, 1.82) is 0 Å². The van der Waals surface area contributed by atoms with Gasteiger partial charge in [-0.1, -0.05) is 23.0 Å². The molecule has 44 heavy (non-hydrogen) atoms. The average molecular weight is 592 g/mol. The molecule has 0 atom stereocenters. The number of piperidine rings is 1. The minimum Gasteiger partial charge on any atom is -0.457 e. The van der Waals surface area contributed by atoms with Crippen LogP contribution in [0.5, 0.6) is 23.1 Å². The molecule has 6 rings (SSSR count). The molecule has 0 aliphatic carbocycles. The number of carbonyl (C=O) groups excluding carboxylic acids is 2. The molecule has 5 aromatic rings. The maximum Gasteiger partial charge on any atom is 0.254 e. The molecule has 12 heteroatoms. The van der Waals surface area contributed by atoms with Crippen molar-refractivity contribution in [3.63, 3.8) is 0 Å². The summed E-state index contributed by atoms with van der Waals surface area (Å²) < 4.78 is 11.8. The summed E-state index contributed by atoms with van der Waals surface area (Å²) in [6.07, 6.45) is 6.18. The maximum atomic E-state index is 12.8. The molecule has 4 heterocycles. The van der Waals surface area contributed by atoms with E-state index in [0.29, 0.717) is 48.6 Å². The molecule has 2 aromatic carbocycles. The van der Waals surface area contributed by atoms with E-state index in [0.717, 1.165) is 11.4 Å². The number of aromatic nitrogens is 5. The average Bonchev–Trinajstić information content (AvgIpc) is 3.47. The number of fused-ring (bicyclic) bond motifs is 1. The van der Waals surface area contributed by atoms with Gasteiger partial charge in [0.05, 0.1) is 0 Å². The summed E-state index contributed by atoms with van der Waals surface area (Å²) >= 11 is 0. The highest BCUT2D eigenvalue weighted by molar-refractivity contribution is 5.95. The Bertz CT molecular complexity index is 1780. The number of pyridine rings is 2. The zero-order chi connectivity index (χ0) is 30.3. The summed E-state index contributed by atoms with van der Waals surface area (Å²) in [5, 5.41) is 7.89. The van der Waals surface area contributed by atoms with Crippen LogP contribution in [0.4, 0.5) is 0 Å². The van der Waals surface area contributed by atoms with Crippen LogP contribution < -0.4 is 20.0 Å². The van der Waals surface area contributed by atoms with Crippen molar-refractivity contribution >= 4 is 23.0 Å². The zero-order valence-electron chi connectivity index (χ0n) is 23.7. The predicted octanol–water partition coefficient (Wildman–Crippen LogP) is 4.30. The first-order valence-corrected chi connectivity index (χ1v) is 14.1. The van der Waals surface area contributed by atoms with Crippen molar-refractivity contribution in [1.82, 2.24) is 30.0 Å². The number of likely N-dealkylation sites (tertiary alicyclic amines) is 1. The van der Waals surface area contributed by atoms with Crippen molar-refractivity contribution in [2.24, 2.45) is 5.73 Å². The highest BCUT2D eigenvalue weighted by atomic mass is 16.7. The van der Waals surface area contributed by atoms with Gasteiger partial charge in [0.1, 0.15) is 34.9 Å². The number of hydrogen-bond donors (Lipinski definition) is 1. The molecule has 1 aliphatic rings. The van der Waals surface area contributed by atoms with Crippen LogP contribution >= 0.6 is 0 Å². The second-order valence-electron chi connectivity index (χ2n) is 10.0. The molecule has 3 aromatic heterocycles. The Labute approximate surface area is 252 Å². The Balaban J connectivity index is 1.04. The van der Waals surface area contributed by atoms with Crippen LogP contribution in [0.3, 0.4) is 0 Å². The van der Waals surface area contributed by atoms with Crippen LogP contribution in [-0.4, -0.2) is 61.5 Å². The number of primary amides is 1. The number of rotatable bonds is 10. The number of amides is 2.